The zero-order chi connectivity index (χ0) is 15.2. The molecule has 0 aromatic carbocycles. The lowest BCUT2D eigenvalue weighted by molar-refractivity contribution is -0.391. The molecule has 112 valence electrons. The summed E-state index contributed by atoms with van der Waals surface area (Å²) in [6.45, 7) is 2.30. The van der Waals surface area contributed by atoms with Crippen molar-refractivity contribution >= 4 is 27.1 Å². The highest BCUT2D eigenvalue weighted by molar-refractivity contribution is 7.92. The summed E-state index contributed by atoms with van der Waals surface area (Å²) in [5.74, 6) is 0.342. The standard InChI is InChI=1S/C11H13N5O4S/c1-8-7-14(4-5-21(8,19)20)10-3-2-9-12-6-11(16(17)18)15(9)13-10/h2-3,6,8H,4-5,7H2,1H3. The van der Waals surface area contributed by atoms with Crippen molar-refractivity contribution in [2.24, 2.45) is 0 Å². The van der Waals surface area contributed by atoms with Crippen LogP contribution in [-0.4, -0.2) is 52.0 Å². The van der Waals surface area contributed by atoms with E-state index in [2.05, 4.69) is 10.1 Å². The largest absolute Gasteiger partial charge is 0.368 e. The fourth-order valence-electron chi connectivity index (χ4n) is 2.31. The normalized spacial score (nSPS) is 21.6. The Morgan fingerprint density at radius 3 is 2.86 bits per heavy atom. The summed E-state index contributed by atoms with van der Waals surface area (Å²) in [5, 5.41) is 14.6. The highest BCUT2D eigenvalue weighted by Crippen LogP contribution is 2.21. The van der Waals surface area contributed by atoms with E-state index in [-0.39, 0.29) is 11.6 Å². The van der Waals surface area contributed by atoms with Gasteiger partial charge in [0.2, 0.25) is 5.65 Å². The van der Waals surface area contributed by atoms with Crippen LogP contribution in [-0.2, 0) is 9.84 Å². The summed E-state index contributed by atoms with van der Waals surface area (Å²) >= 11 is 0. The van der Waals surface area contributed by atoms with Crippen molar-refractivity contribution in [3.8, 4) is 0 Å². The molecular formula is C11H13N5O4S. The summed E-state index contributed by atoms with van der Waals surface area (Å²) < 4.78 is 24.6. The van der Waals surface area contributed by atoms with Gasteiger partial charge in [0, 0.05) is 19.2 Å². The van der Waals surface area contributed by atoms with Crippen molar-refractivity contribution in [3.05, 3.63) is 28.4 Å². The molecule has 3 heterocycles. The number of nitro groups is 1. The number of nitrogens with zero attached hydrogens (tertiary/aromatic N) is 5. The molecule has 0 bridgehead atoms. The SMILES string of the molecule is CC1CN(c2ccc3ncc([N+](=O)[O-])n3n2)CCS1(=O)=O. The first-order valence-corrected chi connectivity index (χ1v) is 8.06. The monoisotopic (exact) mass is 311 g/mol. The van der Waals surface area contributed by atoms with E-state index in [9.17, 15) is 18.5 Å². The van der Waals surface area contributed by atoms with Gasteiger partial charge in [0.1, 0.15) is 6.20 Å². The van der Waals surface area contributed by atoms with E-state index in [0.29, 0.717) is 24.6 Å². The van der Waals surface area contributed by atoms with E-state index in [4.69, 9.17) is 0 Å². The van der Waals surface area contributed by atoms with Crippen molar-refractivity contribution in [1.82, 2.24) is 14.6 Å². The molecular weight excluding hydrogens is 298 g/mol. The Morgan fingerprint density at radius 1 is 1.43 bits per heavy atom. The summed E-state index contributed by atoms with van der Waals surface area (Å²) in [4.78, 5) is 16.1. The van der Waals surface area contributed by atoms with E-state index in [1.807, 2.05) is 4.90 Å². The molecule has 0 saturated carbocycles. The highest BCUT2D eigenvalue weighted by atomic mass is 32.2. The van der Waals surface area contributed by atoms with Crippen LogP contribution in [0.4, 0.5) is 11.6 Å². The molecule has 1 aliphatic rings. The van der Waals surface area contributed by atoms with Crippen LogP contribution in [0.1, 0.15) is 6.92 Å². The number of rotatable bonds is 2. The zero-order valence-corrected chi connectivity index (χ0v) is 12.0. The molecule has 0 amide bonds. The number of anilines is 1. The van der Waals surface area contributed by atoms with Gasteiger partial charge in [-0.25, -0.2) is 13.4 Å². The fraction of sp³-hybridized carbons (Fsp3) is 0.455. The molecule has 1 saturated heterocycles. The number of hydrogen-bond donors (Lipinski definition) is 0. The Balaban J connectivity index is 1.98. The Bertz CT molecular complexity index is 815. The molecule has 2 aromatic heterocycles. The predicted molar refractivity (Wildman–Crippen MR) is 75.1 cm³/mol. The molecule has 10 heteroatoms. The number of hydrogen-bond acceptors (Lipinski definition) is 7. The fourth-order valence-corrected chi connectivity index (χ4v) is 3.59. The quantitative estimate of drug-likeness (QED) is 0.577. The van der Waals surface area contributed by atoms with Gasteiger partial charge in [-0.2, -0.15) is 0 Å². The van der Waals surface area contributed by atoms with Gasteiger partial charge in [0.05, 0.1) is 11.0 Å². The second-order valence-corrected chi connectivity index (χ2v) is 7.50. The minimum absolute atomic E-state index is 0.0555. The van der Waals surface area contributed by atoms with E-state index in [1.165, 1.54) is 0 Å². The van der Waals surface area contributed by atoms with Gasteiger partial charge in [-0.1, -0.05) is 9.61 Å². The van der Waals surface area contributed by atoms with Crippen LogP contribution in [0.15, 0.2) is 18.3 Å². The Labute approximate surface area is 120 Å². The Hall–Kier alpha value is -2.23. The van der Waals surface area contributed by atoms with Crippen LogP contribution >= 0.6 is 0 Å². The van der Waals surface area contributed by atoms with Crippen LogP contribution in [0.3, 0.4) is 0 Å². The molecule has 0 N–H and O–H groups in total. The Kier molecular flexibility index (Phi) is 3.04. The molecule has 9 nitrogen and oxygen atoms in total. The molecule has 3 rings (SSSR count). The number of sulfone groups is 1. The van der Waals surface area contributed by atoms with Gasteiger partial charge >= 0.3 is 5.82 Å². The number of imidazole rings is 1. The lowest BCUT2D eigenvalue weighted by Crippen LogP contribution is -2.46. The average Bonchev–Trinajstić information content (AvgIpc) is 2.85. The maximum Gasteiger partial charge on any atom is 0.368 e. The molecule has 2 aromatic rings. The van der Waals surface area contributed by atoms with Gasteiger partial charge in [-0.15, -0.1) is 0 Å². The summed E-state index contributed by atoms with van der Waals surface area (Å²) in [7, 11) is -3.05. The van der Waals surface area contributed by atoms with E-state index in [1.54, 1.807) is 19.1 Å². The maximum absolute atomic E-state index is 11.7. The van der Waals surface area contributed by atoms with Crippen molar-refractivity contribution in [1.29, 1.82) is 0 Å². The minimum Gasteiger partial charge on any atom is -0.358 e. The summed E-state index contributed by atoms with van der Waals surface area (Å²) in [5.41, 5.74) is 0.378. The second-order valence-electron chi connectivity index (χ2n) is 4.96. The lowest BCUT2D eigenvalue weighted by Gasteiger charge is -2.30. The molecule has 1 aliphatic heterocycles. The highest BCUT2D eigenvalue weighted by Gasteiger charge is 2.30. The van der Waals surface area contributed by atoms with Crippen molar-refractivity contribution in [2.45, 2.75) is 12.2 Å². The molecule has 0 radical (unpaired) electrons. The minimum atomic E-state index is -3.05. The molecule has 21 heavy (non-hydrogen) atoms. The molecule has 1 atom stereocenters. The van der Waals surface area contributed by atoms with Gasteiger partial charge in [0.25, 0.3) is 0 Å². The van der Waals surface area contributed by atoms with E-state index >= 15 is 0 Å². The van der Waals surface area contributed by atoms with Gasteiger partial charge in [-0.05, 0) is 17.9 Å². The van der Waals surface area contributed by atoms with E-state index in [0.717, 1.165) is 10.7 Å². The van der Waals surface area contributed by atoms with Crippen LogP contribution < -0.4 is 4.90 Å². The van der Waals surface area contributed by atoms with Gasteiger partial charge in [0.15, 0.2) is 15.7 Å². The first-order chi connectivity index (χ1) is 9.88. The predicted octanol–water partition coefficient (Wildman–Crippen LogP) is 0.261. The van der Waals surface area contributed by atoms with E-state index < -0.39 is 20.0 Å². The first kappa shape index (κ1) is 13.7. The number of aromatic nitrogens is 3. The molecule has 0 spiro atoms. The topological polar surface area (TPSA) is 111 Å². The smallest absolute Gasteiger partial charge is 0.358 e. The summed E-state index contributed by atoms with van der Waals surface area (Å²) in [6, 6.07) is 3.32. The third kappa shape index (κ3) is 2.31. The number of fused-ring (bicyclic) bond motifs is 1. The molecule has 1 fully saturated rings. The molecule has 0 aliphatic carbocycles. The lowest BCUT2D eigenvalue weighted by atomic mass is 10.3. The Morgan fingerprint density at radius 2 is 2.19 bits per heavy atom. The zero-order valence-electron chi connectivity index (χ0n) is 11.2. The third-order valence-corrected chi connectivity index (χ3v) is 5.70. The van der Waals surface area contributed by atoms with Crippen molar-refractivity contribution < 1.29 is 13.3 Å². The van der Waals surface area contributed by atoms with Crippen molar-refractivity contribution in [3.63, 3.8) is 0 Å². The average molecular weight is 311 g/mol. The molecule has 1 unspecified atom stereocenters. The van der Waals surface area contributed by atoms with Crippen molar-refractivity contribution in [2.75, 3.05) is 23.7 Å². The van der Waals surface area contributed by atoms with Crippen LogP contribution in [0.25, 0.3) is 5.65 Å². The van der Waals surface area contributed by atoms with Crippen LogP contribution in [0.5, 0.6) is 0 Å². The van der Waals surface area contributed by atoms with Gasteiger partial charge < -0.3 is 15.0 Å². The van der Waals surface area contributed by atoms with Crippen LogP contribution in [0, 0.1) is 10.1 Å². The van der Waals surface area contributed by atoms with Gasteiger partial charge in [-0.3, -0.25) is 0 Å². The maximum atomic E-state index is 11.7. The third-order valence-electron chi connectivity index (χ3n) is 3.58. The first-order valence-electron chi connectivity index (χ1n) is 6.34. The summed E-state index contributed by atoms with van der Waals surface area (Å²) in [6.07, 6.45) is 1.15. The van der Waals surface area contributed by atoms with Crippen LogP contribution in [0.2, 0.25) is 0 Å². The second kappa shape index (κ2) is 4.65.